The maximum Gasteiger partial charge on any atom is 0.418 e. The van der Waals surface area contributed by atoms with Gasteiger partial charge in [0.2, 0.25) is 0 Å². The number of aliphatic hydroxyl groups excluding tert-OH is 1. The molecular weight excluding hydrogens is 289 g/mol. The highest BCUT2D eigenvalue weighted by atomic mass is 19.4. The molecule has 0 aromatic heterocycles. The highest BCUT2D eigenvalue weighted by Gasteiger charge is 2.40. The summed E-state index contributed by atoms with van der Waals surface area (Å²) in [6, 6.07) is 13.3. The first-order valence-electron chi connectivity index (χ1n) is 7.38. The normalized spacial score (nSPS) is 16.2. The molecule has 0 saturated carbocycles. The van der Waals surface area contributed by atoms with E-state index in [-0.39, 0.29) is 5.56 Å². The number of benzene rings is 2. The largest absolute Gasteiger partial charge is 0.418 e. The Labute approximate surface area is 127 Å². The van der Waals surface area contributed by atoms with Crippen molar-refractivity contribution in [2.75, 3.05) is 0 Å². The van der Waals surface area contributed by atoms with Crippen LogP contribution in [-0.4, -0.2) is 11.3 Å². The van der Waals surface area contributed by atoms with E-state index in [2.05, 4.69) is 12.1 Å². The van der Waals surface area contributed by atoms with Crippen molar-refractivity contribution in [1.82, 2.24) is 0 Å². The fraction of sp³-hybridized carbons (Fsp3) is 0.333. The van der Waals surface area contributed by atoms with Gasteiger partial charge in [0.25, 0.3) is 0 Å². The van der Waals surface area contributed by atoms with Gasteiger partial charge in [-0.1, -0.05) is 42.5 Å². The zero-order valence-electron chi connectivity index (χ0n) is 12.0. The molecule has 0 saturated heterocycles. The Morgan fingerprint density at radius 3 is 1.86 bits per heavy atom. The predicted molar refractivity (Wildman–Crippen MR) is 78.7 cm³/mol. The van der Waals surface area contributed by atoms with E-state index in [0.717, 1.165) is 17.5 Å². The lowest BCUT2D eigenvalue weighted by molar-refractivity contribution is -0.207. The highest BCUT2D eigenvalue weighted by Crippen LogP contribution is 2.35. The fourth-order valence-corrected chi connectivity index (χ4v) is 2.90. The summed E-state index contributed by atoms with van der Waals surface area (Å²) in [6.45, 7) is 0. The molecule has 1 N–H and O–H groups in total. The molecule has 1 nitrogen and oxygen atoms in total. The molecule has 1 atom stereocenters. The molecule has 0 amide bonds. The van der Waals surface area contributed by atoms with Crippen LogP contribution in [0.4, 0.5) is 13.2 Å². The van der Waals surface area contributed by atoms with E-state index in [1.165, 1.54) is 11.6 Å². The summed E-state index contributed by atoms with van der Waals surface area (Å²) in [7, 11) is 0. The van der Waals surface area contributed by atoms with Crippen LogP contribution in [0.25, 0.3) is 0 Å². The lowest BCUT2D eigenvalue weighted by Crippen LogP contribution is -2.22. The standard InChI is InChI=1S/C18H17F3O/c19-18(20,21)17(22)16-11-14-6-5-12-1-3-13(4-2-12)7-9-15(16)10-8-14/h1-4,8,10-11,17,22H,5-7,9H2. The summed E-state index contributed by atoms with van der Waals surface area (Å²) in [4.78, 5) is 0. The number of hydrogen-bond acceptors (Lipinski definition) is 1. The van der Waals surface area contributed by atoms with E-state index in [9.17, 15) is 18.3 Å². The van der Waals surface area contributed by atoms with Crippen LogP contribution in [0, 0.1) is 0 Å². The Morgan fingerprint density at radius 2 is 1.27 bits per heavy atom. The van der Waals surface area contributed by atoms with Gasteiger partial charge < -0.3 is 5.11 Å². The summed E-state index contributed by atoms with van der Waals surface area (Å²) in [5, 5.41) is 9.67. The van der Waals surface area contributed by atoms with Crippen molar-refractivity contribution in [3.8, 4) is 0 Å². The first-order chi connectivity index (χ1) is 10.4. The molecule has 22 heavy (non-hydrogen) atoms. The number of halogens is 3. The van der Waals surface area contributed by atoms with Crippen LogP contribution in [0.3, 0.4) is 0 Å². The molecule has 1 unspecified atom stereocenters. The molecule has 0 aliphatic heterocycles. The van der Waals surface area contributed by atoms with Gasteiger partial charge in [0.1, 0.15) is 0 Å². The topological polar surface area (TPSA) is 20.2 Å². The first-order valence-corrected chi connectivity index (χ1v) is 7.38. The van der Waals surface area contributed by atoms with Crippen LogP contribution >= 0.6 is 0 Å². The zero-order chi connectivity index (χ0) is 15.7. The van der Waals surface area contributed by atoms with E-state index in [1.54, 1.807) is 6.07 Å². The van der Waals surface area contributed by atoms with Crippen molar-refractivity contribution in [1.29, 1.82) is 0 Å². The average molecular weight is 306 g/mol. The number of aliphatic hydroxyl groups is 1. The lowest BCUT2D eigenvalue weighted by atomic mass is 9.91. The van der Waals surface area contributed by atoms with Crippen molar-refractivity contribution in [3.05, 3.63) is 70.3 Å². The first kappa shape index (κ1) is 15.1. The van der Waals surface area contributed by atoms with Gasteiger partial charge in [-0.25, -0.2) is 0 Å². The Morgan fingerprint density at radius 1 is 0.773 bits per heavy atom. The van der Waals surface area contributed by atoms with Gasteiger partial charge in [0.15, 0.2) is 6.10 Å². The maximum atomic E-state index is 12.9. The molecule has 116 valence electrons. The highest BCUT2D eigenvalue weighted by molar-refractivity contribution is 5.37. The Bertz CT molecular complexity index is 659. The third-order valence-electron chi connectivity index (χ3n) is 4.22. The smallest absolute Gasteiger partial charge is 0.379 e. The van der Waals surface area contributed by atoms with E-state index in [4.69, 9.17) is 0 Å². The predicted octanol–water partition coefficient (Wildman–Crippen LogP) is 4.17. The van der Waals surface area contributed by atoms with Gasteiger partial charge in [-0.3, -0.25) is 0 Å². The molecule has 0 spiro atoms. The monoisotopic (exact) mass is 306 g/mol. The van der Waals surface area contributed by atoms with E-state index in [0.29, 0.717) is 24.8 Å². The molecule has 4 aliphatic carbocycles. The Balaban J connectivity index is 2.01. The molecule has 0 radical (unpaired) electrons. The third kappa shape index (κ3) is 3.17. The average Bonchev–Trinajstić information content (AvgIpc) is 2.48. The van der Waals surface area contributed by atoms with E-state index in [1.807, 2.05) is 18.2 Å². The number of alkyl halides is 3. The molecule has 6 rings (SSSR count). The number of hydrogen-bond donors (Lipinski definition) is 1. The molecule has 2 aromatic carbocycles. The van der Waals surface area contributed by atoms with Crippen LogP contribution in [-0.2, 0) is 25.7 Å². The zero-order valence-corrected chi connectivity index (χ0v) is 12.0. The van der Waals surface area contributed by atoms with Crippen molar-refractivity contribution < 1.29 is 18.3 Å². The minimum Gasteiger partial charge on any atom is -0.379 e. The second kappa shape index (κ2) is 5.76. The molecule has 0 heterocycles. The summed E-state index contributed by atoms with van der Waals surface area (Å²) in [5.41, 5.74) is 3.66. The SMILES string of the molecule is OC(c1cc2ccc1CCc1ccc(cc1)CC2)C(F)(F)F. The van der Waals surface area contributed by atoms with Crippen molar-refractivity contribution in [2.45, 2.75) is 38.0 Å². The van der Waals surface area contributed by atoms with Crippen LogP contribution in [0.2, 0.25) is 0 Å². The lowest BCUT2D eigenvalue weighted by Gasteiger charge is -2.20. The van der Waals surface area contributed by atoms with Gasteiger partial charge >= 0.3 is 6.18 Å². The Kier molecular flexibility index (Phi) is 3.96. The van der Waals surface area contributed by atoms with Crippen molar-refractivity contribution >= 4 is 0 Å². The van der Waals surface area contributed by atoms with Crippen molar-refractivity contribution in [2.24, 2.45) is 0 Å². The molecule has 4 bridgehead atoms. The maximum absolute atomic E-state index is 12.9. The second-order valence-electron chi connectivity index (χ2n) is 5.79. The third-order valence-corrected chi connectivity index (χ3v) is 4.22. The number of aryl methyl sites for hydroxylation is 4. The van der Waals surface area contributed by atoms with Crippen LogP contribution in [0.5, 0.6) is 0 Å². The summed E-state index contributed by atoms with van der Waals surface area (Å²) in [6.07, 6.45) is -4.45. The molecule has 0 fully saturated rings. The Hall–Kier alpha value is -1.81. The quantitative estimate of drug-likeness (QED) is 0.838. The van der Waals surface area contributed by atoms with Gasteiger partial charge in [0, 0.05) is 0 Å². The van der Waals surface area contributed by atoms with Gasteiger partial charge in [-0.15, -0.1) is 0 Å². The molecule has 4 heteroatoms. The second-order valence-corrected chi connectivity index (χ2v) is 5.79. The van der Waals surface area contributed by atoms with Gasteiger partial charge in [-0.05, 0) is 53.5 Å². The number of rotatable bonds is 1. The van der Waals surface area contributed by atoms with Gasteiger partial charge in [0.05, 0.1) is 0 Å². The van der Waals surface area contributed by atoms with E-state index < -0.39 is 12.3 Å². The van der Waals surface area contributed by atoms with Gasteiger partial charge in [-0.2, -0.15) is 13.2 Å². The van der Waals surface area contributed by atoms with Crippen LogP contribution in [0.1, 0.15) is 33.9 Å². The summed E-state index contributed by atoms with van der Waals surface area (Å²) >= 11 is 0. The van der Waals surface area contributed by atoms with Crippen molar-refractivity contribution in [3.63, 3.8) is 0 Å². The summed E-state index contributed by atoms with van der Waals surface area (Å²) < 4.78 is 38.7. The molecule has 2 aromatic rings. The fourth-order valence-electron chi connectivity index (χ4n) is 2.90. The van der Waals surface area contributed by atoms with Crippen LogP contribution < -0.4 is 0 Å². The van der Waals surface area contributed by atoms with E-state index >= 15 is 0 Å². The molecular formula is C18H17F3O. The minimum atomic E-state index is -4.63. The summed E-state index contributed by atoms with van der Waals surface area (Å²) in [5.74, 6) is 0. The molecule has 4 aliphatic rings. The minimum absolute atomic E-state index is 0.00000567. The van der Waals surface area contributed by atoms with Crippen LogP contribution in [0.15, 0.2) is 42.5 Å².